The number of halogens is 10. The van der Waals surface area contributed by atoms with Crippen molar-refractivity contribution in [3.05, 3.63) is 43.0 Å². The van der Waals surface area contributed by atoms with Gasteiger partial charge in [0, 0.05) is 0 Å². The largest absolute Gasteiger partial charge is 0.495 e. The highest BCUT2D eigenvalue weighted by Crippen LogP contribution is 2.34. The van der Waals surface area contributed by atoms with Gasteiger partial charge in [0.25, 0.3) is 0 Å². The Balaban J connectivity index is 2.10. The normalized spacial score (nSPS) is 15.1. The standard InChI is InChI=1S/C35H52F10O17/c1-2-8-50-13-27(47)16-55-17-28(48)18-56-22-31(36,37)60-32(38,39)24-58-25-54-12-10-52-15-26(46)14-51-9-11-53-21-33(40,41)61-35(44,45)62-34(42,43)23-57-19-29(49)20-59-30-6-4-3-5-7-30/h2-7,26-29,46-49H,1,8-25H2. The third-order valence-corrected chi connectivity index (χ3v) is 6.42. The number of aliphatic hydroxyl groups is 4. The maximum Gasteiger partial charge on any atom is 0.495 e. The molecule has 0 bridgehead atoms. The van der Waals surface area contributed by atoms with Gasteiger partial charge in [-0.05, 0) is 12.1 Å². The van der Waals surface area contributed by atoms with Crippen LogP contribution in [0.25, 0.3) is 0 Å². The third-order valence-electron chi connectivity index (χ3n) is 6.42. The summed E-state index contributed by atoms with van der Waals surface area (Å²) in [6.45, 7) is -9.40. The SMILES string of the molecule is C=CCOCC(O)COCC(O)COCC(F)(F)OC(F)(F)COCOCCOCC(O)COCCOCC(F)(F)OC(F)(F)OC(F)(F)COCC(O)COc1ccccc1. The lowest BCUT2D eigenvalue weighted by Crippen LogP contribution is -2.44. The van der Waals surface area contributed by atoms with E-state index in [1.54, 1.807) is 18.2 Å². The van der Waals surface area contributed by atoms with Gasteiger partial charge in [0.1, 0.15) is 70.0 Å². The van der Waals surface area contributed by atoms with Crippen LogP contribution in [-0.2, 0) is 56.8 Å². The molecule has 1 rings (SSSR count). The van der Waals surface area contributed by atoms with Crippen molar-refractivity contribution in [2.45, 2.75) is 55.1 Å². The van der Waals surface area contributed by atoms with Crippen molar-refractivity contribution < 1.29 is 126 Å². The first-order valence-corrected chi connectivity index (χ1v) is 18.2. The molecule has 0 amide bonds. The van der Waals surface area contributed by atoms with Crippen LogP contribution in [0.4, 0.5) is 43.9 Å². The molecular weight excluding hydrogens is 882 g/mol. The molecule has 62 heavy (non-hydrogen) atoms. The van der Waals surface area contributed by atoms with Crippen molar-refractivity contribution in [3.8, 4) is 5.75 Å². The van der Waals surface area contributed by atoms with Gasteiger partial charge in [0.2, 0.25) is 0 Å². The summed E-state index contributed by atoms with van der Waals surface area (Å²) in [7, 11) is 0. The summed E-state index contributed by atoms with van der Waals surface area (Å²) < 4.78 is 195. The quantitative estimate of drug-likeness (QED) is 0.0323. The Bertz CT molecular complexity index is 1280. The maximum atomic E-state index is 13.8. The van der Waals surface area contributed by atoms with Crippen LogP contribution in [0.3, 0.4) is 0 Å². The molecule has 0 aliphatic carbocycles. The summed E-state index contributed by atoms with van der Waals surface area (Å²) in [6.07, 6.45) is -27.9. The van der Waals surface area contributed by atoms with Crippen LogP contribution in [0.1, 0.15) is 0 Å². The van der Waals surface area contributed by atoms with Gasteiger partial charge >= 0.3 is 30.7 Å². The predicted molar refractivity (Wildman–Crippen MR) is 187 cm³/mol. The highest BCUT2D eigenvalue weighted by Gasteiger charge is 2.52. The number of benzene rings is 1. The van der Waals surface area contributed by atoms with E-state index in [1.165, 1.54) is 18.2 Å². The van der Waals surface area contributed by atoms with Crippen LogP contribution in [-0.4, -0.2) is 195 Å². The van der Waals surface area contributed by atoms with Crippen molar-refractivity contribution in [1.82, 2.24) is 0 Å². The van der Waals surface area contributed by atoms with Crippen LogP contribution < -0.4 is 4.74 Å². The third kappa shape index (κ3) is 32.1. The zero-order valence-electron chi connectivity index (χ0n) is 33.1. The van der Waals surface area contributed by atoms with E-state index in [0.717, 1.165) is 0 Å². The molecule has 27 heteroatoms. The summed E-state index contributed by atoms with van der Waals surface area (Å²) in [5, 5.41) is 38.8. The second-order valence-corrected chi connectivity index (χ2v) is 12.5. The number of rotatable bonds is 41. The van der Waals surface area contributed by atoms with Crippen molar-refractivity contribution in [3.63, 3.8) is 0 Å². The molecule has 0 radical (unpaired) electrons. The zero-order chi connectivity index (χ0) is 46.5. The van der Waals surface area contributed by atoms with Crippen molar-refractivity contribution in [2.75, 3.05) is 119 Å². The number of alkyl halides is 10. The fourth-order valence-corrected chi connectivity index (χ4v) is 4.01. The minimum Gasteiger partial charge on any atom is -0.491 e. The minimum absolute atomic E-state index is 0.0813. The van der Waals surface area contributed by atoms with Crippen LogP contribution in [0.2, 0.25) is 0 Å². The Morgan fingerprint density at radius 2 is 0.839 bits per heavy atom. The van der Waals surface area contributed by atoms with E-state index >= 15 is 0 Å². The van der Waals surface area contributed by atoms with Gasteiger partial charge in [0.05, 0.1) is 79.3 Å². The molecule has 4 unspecified atom stereocenters. The van der Waals surface area contributed by atoms with E-state index in [0.29, 0.717) is 5.75 Å². The lowest BCUT2D eigenvalue weighted by atomic mass is 10.3. The summed E-state index contributed by atoms with van der Waals surface area (Å²) in [6, 6.07) is 8.01. The van der Waals surface area contributed by atoms with Crippen LogP contribution >= 0.6 is 0 Å². The zero-order valence-corrected chi connectivity index (χ0v) is 33.1. The van der Waals surface area contributed by atoms with Crippen LogP contribution in [0, 0.1) is 0 Å². The molecule has 4 atom stereocenters. The summed E-state index contributed by atoms with van der Waals surface area (Å²) in [5.74, 6) is 0.341. The van der Waals surface area contributed by atoms with Crippen molar-refractivity contribution in [2.24, 2.45) is 0 Å². The number of aliphatic hydroxyl groups excluding tert-OH is 4. The molecule has 0 heterocycles. The average molecular weight is 935 g/mol. The Labute approximate surface area is 349 Å². The Morgan fingerprint density at radius 1 is 0.452 bits per heavy atom. The monoisotopic (exact) mass is 934 g/mol. The molecule has 0 aliphatic heterocycles. The fraction of sp³-hybridized carbons (Fsp3) is 0.771. The summed E-state index contributed by atoms with van der Waals surface area (Å²) in [4.78, 5) is 0. The first-order chi connectivity index (χ1) is 29.0. The van der Waals surface area contributed by atoms with E-state index in [2.05, 4.69) is 39.7 Å². The molecule has 0 saturated carbocycles. The number of hydrogen-bond donors (Lipinski definition) is 4. The molecule has 364 valence electrons. The van der Waals surface area contributed by atoms with Crippen molar-refractivity contribution >= 4 is 0 Å². The van der Waals surface area contributed by atoms with E-state index < -0.39 is 135 Å². The Hall–Kier alpha value is -2.58. The Morgan fingerprint density at radius 3 is 1.35 bits per heavy atom. The molecule has 17 nitrogen and oxygen atoms in total. The van der Waals surface area contributed by atoms with E-state index in [4.69, 9.17) is 28.4 Å². The van der Waals surface area contributed by atoms with Gasteiger partial charge in [-0.3, -0.25) is 4.74 Å². The van der Waals surface area contributed by atoms with Gasteiger partial charge in [-0.1, -0.05) is 24.3 Å². The molecule has 1 aromatic carbocycles. The lowest BCUT2D eigenvalue weighted by molar-refractivity contribution is -0.518. The maximum absolute atomic E-state index is 13.8. The average Bonchev–Trinajstić information content (AvgIpc) is 3.15. The molecule has 1 aromatic rings. The van der Waals surface area contributed by atoms with Gasteiger partial charge in [-0.2, -0.15) is 35.1 Å². The van der Waals surface area contributed by atoms with Gasteiger partial charge in [0.15, 0.2) is 0 Å². The van der Waals surface area contributed by atoms with Gasteiger partial charge in [-0.15, -0.1) is 15.4 Å². The van der Waals surface area contributed by atoms with Crippen LogP contribution in [0.5, 0.6) is 5.75 Å². The molecule has 0 fully saturated rings. The number of ether oxygens (including phenoxy) is 13. The van der Waals surface area contributed by atoms with Crippen molar-refractivity contribution in [1.29, 1.82) is 0 Å². The molecule has 0 saturated heterocycles. The molecule has 0 aromatic heterocycles. The van der Waals surface area contributed by atoms with E-state index in [-0.39, 0.29) is 39.6 Å². The highest BCUT2D eigenvalue weighted by atomic mass is 19.3. The predicted octanol–water partition coefficient (Wildman–Crippen LogP) is 2.77. The fourth-order valence-electron chi connectivity index (χ4n) is 4.01. The van der Waals surface area contributed by atoms with Crippen LogP contribution in [0.15, 0.2) is 43.0 Å². The molecular formula is C35H52F10O17. The lowest BCUT2D eigenvalue weighted by Gasteiger charge is -2.26. The molecule has 0 aliphatic rings. The topological polar surface area (TPSA) is 201 Å². The highest BCUT2D eigenvalue weighted by molar-refractivity contribution is 5.20. The second-order valence-electron chi connectivity index (χ2n) is 12.5. The molecule has 4 N–H and O–H groups in total. The minimum atomic E-state index is -5.52. The van der Waals surface area contributed by atoms with Gasteiger partial charge < -0.3 is 67.8 Å². The smallest absolute Gasteiger partial charge is 0.491 e. The number of hydrogen-bond acceptors (Lipinski definition) is 17. The summed E-state index contributed by atoms with van der Waals surface area (Å²) >= 11 is 0. The number of para-hydroxylation sites is 1. The first kappa shape index (κ1) is 57.4. The van der Waals surface area contributed by atoms with E-state index in [9.17, 15) is 64.3 Å². The Kier molecular flexibility index (Phi) is 28.3. The summed E-state index contributed by atoms with van der Waals surface area (Å²) in [5.41, 5.74) is 0. The van der Waals surface area contributed by atoms with Gasteiger partial charge in [-0.25, -0.2) is 9.47 Å². The van der Waals surface area contributed by atoms with E-state index in [1.807, 2.05) is 0 Å². The molecule has 0 spiro atoms. The first-order valence-electron chi connectivity index (χ1n) is 18.2. The second kappa shape index (κ2) is 30.5.